The van der Waals surface area contributed by atoms with E-state index in [-0.39, 0.29) is 24.2 Å². The minimum atomic E-state index is -0.432. The van der Waals surface area contributed by atoms with Crippen LogP contribution in [0.4, 0.5) is 4.39 Å². The lowest BCUT2D eigenvalue weighted by atomic mass is 10.0. The second-order valence-electron chi connectivity index (χ2n) is 6.85. The van der Waals surface area contributed by atoms with Gasteiger partial charge in [-0.15, -0.1) is 0 Å². The van der Waals surface area contributed by atoms with Gasteiger partial charge in [0.2, 0.25) is 0 Å². The van der Waals surface area contributed by atoms with Crippen molar-refractivity contribution in [1.82, 2.24) is 4.90 Å². The van der Waals surface area contributed by atoms with E-state index in [2.05, 4.69) is 0 Å². The predicted octanol–water partition coefficient (Wildman–Crippen LogP) is 3.94. The summed E-state index contributed by atoms with van der Waals surface area (Å²) >= 11 is 0. The van der Waals surface area contributed by atoms with Crippen molar-refractivity contribution in [1.29, 1.82) is 0 Å². The van der Waals surface area contributed by atoms with Gasteiger partial charge in [0.05, 0.1) is 13.0 Å². The maximum atomic E-state index is 13.1. The monoisotopic (exact) mass is 371 g/mol. The molecule has 1 atom stereocenters. The van der Waals surface area contributed by atoms with Gasteiger partial charge < -0.3 is 9.64 Å². The van der Waals surface area contributed by atoms with Crippen molar-refractivity contribution in [2.45, 2.75) is 27.2 Å². The third kappa shape index (κ3) is 5.64. The zero-order valence-electron chi connectivity index (χ0n) is 16.3. The van der Waals surface area contributed by atoms with Crippen molar-refractivity contribution in [2.24, 2.45) is 5.92 Å². The van der Waals surface area contributed by atoms with Crippen molar-refractivity contribution in [3.05, 3.63) is 70.5 Å². The third-order valence-electron chi connectivity index (χ3n) is 4.72. The van der Waals surface area contributed by atoms with Gasteiger partial charge >= 0.3 is 5.97 Å². The molecular weight excluding hydrogens is 345 g/mol. The number of nitrogens with zero attached hydrogens (tertiary/aromatic N) is 1. The maximum absolute atomic E-state index is 13.1. The van der Waals surface area contributed by atoms with Crippen molar-refractivity contribution in [3.8, 4) is 0 Å². The number of aryl methyl sites for hydroxylation is 2. The highest BCUT2D eigenvalue weighted by Gasteiger charge is 2.22. The molecule has 0 aromatic heterocycles. The molecule has 0 heterocycles. The second kappa shape index (κ2) is 9.31. The average molecular weight is 371 g/mol. The van der Waals surface area contributed by atoms with E-state index in [0.717, 1.165) is 16.7 Å². The van der Waals surface area contributed by atoms with Gasteiger partial charge in [0.1, 0.15) is 5.82 Å². The minimum Gasteiger partial charge on any atom is -0.469 e. The number of esters is 1. The Morgan fingerprint density at radius 3 is 2.33 bits per heavy atom. The summed E-state index contributed by atoms with van der Waals surface area (Å²) in [4.78, 5) is 26.5. The highest BCUT2D eigenvalue weighted by molar-refractivity contribution is 5.94. The maximum Gasteiger partial charge on any atom is 0.310 e. The Labute approximate surface area is 159 Å². The topological polar surface area (TPSA) is 46.6 Å². The molecule has 0 saturated carbocycles. The third-order valence-corrected chi connectivity index (χ3v) is 4.72. The Morgan fingerprint density at radius 2 is 1.74 bits per heavy atom. The number of halogens is 1. The van der Waals surface area contributed by atoms with Gasteiger partial charge in [0, 0.05) is 18.7 Å². The van der Waals surface area contributed by atoms with Crippen LogP contribution in [-0.2, 0) is 16.0 Å². The van der Waals surface area contributed by atoms with Crippen LogP contribution >= 0.6 is 0 Å². The van der Waals surface area contributed by atoms with Crippen LogP contribution in [0.1, 0.15) is 34.0 Å². The molecule has 1 unspecified atom stereocenters. The smallest absolute Gasteiger partial charge is 0.310 e. The molecule has 27 heavy (non-hydrogen) atoms. The predicted molar refractivity (Wildman–Crippen MR) is 103 cm³/mol. The Balaban J connectivity index is 2.19. The summed E-state index contributed by atoms with van der Waals surface area (Å²) in [5, 5.41) is 0. The average Bonchev–Trinajstić information content (AvgIpc) is 2.67. The summed E-state index contributed by atoms with van der Waals surface area (Å²) in [6, 6.07) is 11.8. The molecule has 0 fully saturated rings. The van der Waals surface area contributed by atoms with Crippen LogP contribution in [-0.4, -0.2) is 37.0 Å². The first-order valence-corrected chi connectivity index (χ1v) is 9.00. The largest absolute Gasteiger partial charge is 0.469 e. The lowest BCUT2D eigenvalue weighted by Crippen LogP contribution is -2.38. The molecule has 2 rings (SSSR count). The van der Waals surface area contributed by atoms with Gasteiger partial charge in [0.25, 0.3) is 5.91 Å². The minimum absolute atomic E-state index is 0.129. The summed E-state index contributed by atoms with van der Waals surface area (Å²) < 4.78 is 17.9. The first-order chi connectivity index (χ1) is 12.8. The quantitative estimate of drug-likeness (QED) is 0.693. The van der Waals surface area contributed by atoms with Crippen LogP contribution in [0.2, 0.25) is 0 Å². The Morgan fingerprint density at radius 1 is 1.07 bits per heavy atom. The van der Waals surface area contributed by atoms with Gasteiger partial charge in [0.15, 0.2) is 0 Å². The molecule has 0 N–H and O–H groups in total. The lowest BCUT2D eigenvalue weighted by molar-refractivity contribution is -0.145. The fraction of sp³-hybridized carbons (Fsp3) is 0.364. The van der Waals surface area contributed by atoms with E-state index in [9.17, 15) is 14.0 Å². The summed E-state index contributed by atoms with van der Waals surface area (Å²) in [5.74, 6) is -1.20. The molecule has 0 radical (unpaired) electrons. The number of carbonyl (C=O) groups excluding carboxylic acids is 2. The lowest BCUT2D eigenvalue weighted by Gasteiger charge is -2.25. The molecule has 0 saturated heterocycles. The number of carbonyl (C=O) groups is 2. The van der Waals surface area contributed by atoms with Crippen molar-refractivity contribution in [3.63, 3.8) is 0 Å². The number of rotatable bonds is 7. The van der Waals surface area contributed by atoms with Gasteiger partial charge in [-0.1, -0.05) is 25.1 Å². The molecule has 2 aromatic rings. The van der Waals surface area contributed by atoms with E-state index < -0.39 is 5.92 Å². The molecular formula is C22H26FNO3. The number of hydrogen-bond donors (Lipinski definition) is 0. The van der Waals surface area contributed by atoms with Gasteiger partial charge in [-0.05, 0) is 61.2 Å². The number of benzene rings is 2. The highest BCUT2D eigenvalue weighted by Crippen LogP contribution is 2.15. The van der Waals surface area contributed by atoms with E-state index >= 15 is 0 Å². The molecule has 1 amide bonds. The Bertz CT molecular complexity index is 802. The van der Waals surface area contributed by atoms with Crippen LogP contribution in [0.3, 0.4) is 0 Å². The highest BCUT2D eigenvalue weighted by atomic mass is 19.1. The summed E-state index contributed by atoms with van der Waals surface area (Å²) in [7, 11) is 1.34. The van der Waals surface area contributed by atoms with E-state index in [4.69, 9.17) is 4.74 Å². The molecule has 0 aliphatic rings. The molecule has 2 aromatic carbocycles. The zero-order chi connectivity index (χ0) is 20.0. The van der Waals surface area contributed by atoms with Gasteiger partial charge in [-0.25, -0.2) is 4.39 Å². The van der Waals surface area contributed by atoms with Crippen LogP contribution in [0.25, 0.3) is 0 Å². The standard InChI is InChI=1S/C22H26FNO3/c1-15-5-8-19(13-16(15)2)21(25)24(14-17(3)22(26)27-4)12-11-18-6-9-20(23)10-7-18/h5-10,13,17H,11-12,14H2,1-4H3. The Kier molecular flexibility index (Phi) is 7.11. The number of hydrogen-bond acceptors (Lipinski definition) is 3. The van der Waals surface area contributed by atoms with Crippen molar-refractivity contribution < 1.29 is 18.7 Å². The summed E-state index contributed by atoms with van der Waals surface area (Å²) in [5.41, 5.74) is 3.68. The first kappa shape index (κ1) is 20.6. The molecule has 0 aliphatic carbocycles. The normalized spacial score (nSPS) is 11.7. The molecule has 144 valence electrons. The summed E-state index contributed by atoms with van der Waals surface area (Å²) in [6.45, 7) is 6.39. The van der Waals surface area contributed by atoms with Crippen LogP contribution in [0.15, 0.2) is 42.5 Å². The fourth-order valence-corrected chi connectivity index (χ4v) is 2.85. The van der Waals surface area contributed by atoms with Crippen molar-refractivity contribution in [2.75, 3.05) is 20.2 Å². The molecule has 0 spiro atoms. The zero-order valence-corrected chi connectivity index (χ0v) is 16.3. The molecule has 4 nitrogen and oxygen atoms in total. The van der Waals surface area contributed by atoms with Gasteiger partial charge in [-0.3, -0.25) is 9.59 Å². The molecule has 0 aliphatic heterocycles. The van der Waals surface area contributed by atoms with Crippen LogP contribution in [0.5, 0.6) is 0 Å². The first-order valence-electron chi connectivity index (χ1n) is 9.00. The Hall–Kier alpha value is -2.69. The SMILES string of the molecule is COC(=O)C(C)CN(CCc1ccc(F)cc1)C(=O)c1ccc(C)c(C)c1. The summed E-state index contributed by atoms with van der Waals surface area (Å²) in [6.07, 6.45) is 0.574. The number of ether oxygens (including phenoxy) is 1. The molecule has 0 bridgehead atoms. The second-order valence-corrected chi connectivity index (χ2v) is 6.85. The van der Waals surface area contributed by atoms with Gasteiger partial charge in [-0.2, -0.15) is 0 Å². The molecule has 5 heteroatoms. The van der Waals surface area contributed by atoms with E-state index in [1.54, 1.807) is 30.0 Å². The fourth-order valence-electron chi connectivity index (χ4n) is 2.85. The van der Waals surface area contributed by atoms with E-state index in [0.29, 0.717) is 18.5 Å². The van der Waals surface area contributed by atoms with E-state index in [1.807, 2.05) is 26.0 Å². The number of methoxy groups -OCH3 is 1. The van der Waals surface area contributed by atoms with Crippen molar-refractivity contribution >= 4 is 11.9 Å². The van der Waals surface area contributed by atoms with Crippen LogP contribution < -0.4 is 0 Å². The van der Waals surface area contributed by atoms with Crippen LogP contribution in [0, 0.1) is 25.6 Å². The number of amides is 1. The van der Waals surface area contributed by atoms with E-state index in [1.165, 1.54) is 19.2 Å².